The molecule has 10 heteroatoms. The predicted molar refractivity (Wildman–Crippen MR) is 91.3 cm³/mol. The number of nitrogens with one attached hydrogen (secondary N) is 2. The van der Waals surface area contributed by atoms with Crippen LogP contribution in [-0.4, -0.2) is 62.4 Å². The molecule has 128 valence electrons. The lowest BCUT2D eigenvalue weighted by molar-refractivity contribution is 0.222. The van der Waals surface area contributed by atoms with Crippen molar-refractivity contribution in [1.29, 1.82) is 10.7 Å². The third kappa shape index (κ3) is 4.08. The van der Waals surface area contributed by atoms with Gasteiger partial charge in [-0.2, -0.15) is 14.7 Å². The number of nitrogens with zero attached hydrogens (tertiary/aromatic N) is 4. The molecule has 0 aliphatic carbocycles. The first-order chi connectivity index (χ1) is 11.3. The molecule has 1 saturated heterocycles. The van der Waals surface area contributed by atoms with E-state index >= 15 is 0 Å². The van der Waals surface area contributed by atoms with Crippen molar-refractivity contribution in [2.24, 2.45) is 10.8 Å². The largest absolute Gasteiger partial charge is 0.382 e. The van der Waals surface area contributed by atoms with Crippen molar-refractivity contribution in [3.8, 4) is 6.07 Å². The fraction of sp³-hybridized carbons (Fsp3) is 0.357. The van der Waals surface area contributed by atoms with E-state index in [-0.39, 0.29) is 10.6 Å². The average molecular weight is 349 g/mol. The number of piperazine rings is 1. The molecule has 0 aromatic heterocycles. The van der Waals surface area contributed by atoms with Gasteiger partial charge in [0.1, 0.15) is 6.07 Å². The number of hydrogen-bond donors (Lipinski definition) is 3. The molecule has 1 fully saturated rings. The monoisotopic (exact) mass is 349 g/mol. The highest BCUT2D eigenvalue weighted by Crippen LogP contribution is 2.20. The summed E-state index contributed by atoms with van der Waals surface area (Å²) in [7, 11) is -1.63. The summed E-state index contributed by atoms with van der Waals surface area (Å²) in [6.07, 6.45) is 0. The molecule has 0 atom stereocenters. The van der Waals surface area contributed by atoms with Crippen molar-refractivity contribution < 1.29 is 8.42 Å². The van der Waals surface area contributed by atoms with E-state index in [1.807, 2.05) is 7.05 Å². The van der Waals surface area contributed by atoms with Crippen molar-refractivity contribution in [2.75, 3.05) is 38.7 Å². The lowest BCUT2D eigenvalue weighted by Gasteiger charge is -2.31. The second-order valence-corrected chi connectivity index (χ2v) is 7.27. The lowest BCUT2D eigenvalue weighted by Crippen LogP contribution is -2.47. The van der Waals surface area contributed by atoms with Crippen molar-refractivity contribution in [1.82, 2.24) is 9.21 Å². The number of hydrazone groups is 1. The third-order valence-corrected chi connectivity index (χ3v) is 5.49. The van der Waals surface area contributed by atoms with Crippen molar-refractivity contribution in [3.63, 3.8) is 0 Å². The fourth-order valence-corrected chi connectivity index (χ4v) is 3.64. The average Bonchev–Trinajstić information content (AvgIpc) is 2.56. The molecule has 24 heavy (non-hydrogen) atoms. The van der Waals surface area contributed by atoms with E-state index < -0.39 is 15.9 Å². The van der Waals surface area contributed by atoms with Gasteiger partial charge in [0.25, 0.3) is 0 Å². The Kier molecular flexibility index (Phi) is 5.50. The quantitative estimate of drug-likeness (QED) is 0.384. The Morgan fingerprint density at radius 2 is 2.04 bits per heavy atom. The summed E-state index contributed by atoms with van der Waals surface area (Å²) in [4.78, 5) is 2.22. The number of likely N-dealkylation sites (N-methyl/N-ethyl adjacent to an activating group) is 1. The van der Waals surface area contributed by atoms with Gasteiger partial charge in [-0.3, -0.25) is 10.8 Å². The number of nitrogens with two attached hydrogens (primary N) is 1. The SMILES string of the molecule is CN1CCN(S(=O)(=O)c2cccc(N/N=C(\C#N)C(=N)N)c2)CC1. The number of hydrogen-bond acceptors (Lipinski definition) is 7. The summed E-state index contributed by atoms with van der Waals surface area (Å²) in [5.74, 6) is -0.466. The first kappa shape index (κ1) is 17.9. The number of nitriles is 1. The highest BCUT2D eigenvalue weighted by molar-refractivity contribution is 7.89. The third-order valence-electron chi connectivity index (χ3n) is 3.59. The van der Waals surface area contributed by atoms with Crippen LogP contribution in [0.3, 0.4) is 0 Å². The zero-order chi connectivity index (χ0) is 17.7. The van der Waals surface area contributed by atoms with Crippen LogP contribution in [0.1, 0.15) is 0 Å². The Balaban J connectivity index is 2.21. The Bertz CT molecular complexity index is 790. The van der Waals surface area contributed by atoms with Crippen LogP contribution < -0.4 is 11.2 Å². The highest BCUT2D eigenvalue weighted by atomic mass is 32.2. The van der Waals surface area contributed by atoms with Crippen LogP contribution in [0.15, 0.2) is 34.3 Å². The van der Waals surface area contributed by atoms with E-state index in [4.69, 9.17) is 16.4 Å². The molecule has 0 spiro atoms. The fourth-order valence-electron chi connectivity index (χ4n) is 2.17. The molecule has 1 aromatic rings. The molecule has 0 saturated carbocycles. The minimum absolute atomic E-state index is 0.147. The number of anilines is 1. The molecule has 1 aromatic carbocycles. The molecule has 1 aliphatic heterocycles. The van der Waals surface area contributed by atoms with Crippen LogP contribution in [0.4, 0.5) is 5.69 Å². The highest BCUT2D eigenvalue weighted by Gasteiger charge is 2.27. The number of amidine groups is 1. The maximum atomic E-state index is 12.7. The summed E-state index contributed by atoms with van der Waals surface area (Å²) >= 11 is 0. The zero-order valence-corrected chi connectivity index (χ0v) is 14.0. The van der Waals surface area contributed by atoms with E-state index in [2.05, 4.69) is 15.4 Å². The van der Waals surface area contributed by atoms with Gasteiger partial charge in [-0.15, -0.1) is 0 Å². The first-order valence-electron chi connectivity index (χ1n) is 7.21. The normalized spacial score (nSPS) is 17.2. The summed E-state index contributed by atoms with van der Waals surface area (Å²) in [5.41, 5.74) is 7.87. The number of benzene rings is 1. The standard InChI is InChI=1S/C14H19N7O2S/c1-20-5-7-21(8-6-20)24(22,23)12-4-2-3-11(9-12)18-19-13(10-15)14(16)17/h2-4,9,18H,5-8H2,1H3,(H3,16,17)/b19-13+. The van der Waals surface area contributed by atoms with Gasteiger partial charge in [0.15, 0.2) is 5.84 Å². The van der Waals surface area contributed by atoms with Gasteiger partial charge in [0, 0.05) is 26.2 Å². The summed E-state index contributed by atoms with van der Waals surface area (Å²) < 4.78 is 26.8. The van der Waals surface area contributed by atoms with Crippen LogP contribution >= 0.6 is 0 Å². The second kappa shape index (κ2) is 7.39. The van der Waals surface area contributed by atoms with Crippen molar-refractivity contribution in [3.05, 3.63) is 24.3 Å². The van der Waals surface area contributed by atoms with E-state index in [1.54, 1.807) is 18.2 Å². The number of sulfonamides is 1. The van der Waals surface area contributed by atoms with E-state index in [9.17, 15) is 8.42 Å². The summed E-state index contributed by atoms with van der Waals surface area (Å²) in [6, 6.07) is 7.83. The van der Waals surface area contributed by atoms with Gasteiger partial charge < -0.3 is 10.6 Å². The molecule has 4 N–H and O–H groups in total. The maximum Gasteiger partial charge on any atom is 0.243 e. The van der Waals surface area contributed by atoms with Crippen LogP contribution in [0.2, 0.25) is 0 Å². The van der Waals surface area contributed by atoms with Gasteiger partial charge in [-0.05, 0) is 25.2 Å². The molecule has 0 unspecified atom stereocenters. The smallest absolute Gasteiger partial charge is 0.243 e. The zero-order valence-electron chi connectivity index (χ0n) is 13.2. The lowest BCUT2D eigenvalue weighted by atomic mass is 10.3. The predicted octanol–water partition coefficient (Wildman–Crippen LogP) is -0.150. The van der Waals surface area contributed by atoms with E-state index in [1.165, 1.54) is 16.4 Å². The van der Waals surface area contributed by atoms with Crippen LogP contribution in [0.25, 0.3) is 0 Å². The van der Waals surface area contributed by atoms with E-state index in [0.29, 0.717) is 31.9 Å². The minimum Gasteiger partial charge on any atom is -0.382 e. The molecule has 2 rings (SSSR count). The summed E-state index contributed by atoms with van der Waals surface area (Å²) in [5, 5.41) is 19.7. The Morgan fingerprint density at radius 1 is 1.38 bits per heavy atom. The Morgan fingerprint density at radius 3 is 2.62 bits per heavy atom. The van der Waals surface area contributed by atoms with Gasteiger partial charge in [0.05, 0.1) is 10.6 Å². The topological polar surface area (TPSA) is 139 Å². The molecule has 0 radical (unpaired) electrons. The molecular formula is C14H19N7O2S. The summed E-state index contributed by atoms with van der Waals surface area (Å²) in [6.45, 7) is 2.26. The van der Waals surface area contributed by atoms with Crippen LogP contribution in [0, 0.1) is 16.7 Å². The second-order valence-electron chi connectivity index (χ2n) is 5.33. The molecule has 9 nitrogen and oxygen atoms in total. The van der Waals surface area contributed by atoms with Gasteiger partial charge in [-0.1, -0.05) is 6.07 Å². The van der Waals surface area contributed by atoms with Crippen LogP contribution in [-0.2, 0) is 10.0 Å². The Hall–Kier alpha value is -2.48. The van der Waals surface area contributed by atoms with Crippen molar-refractivity contribution in [2.45, 2.75) is 4.90 Å². The molecule has 0 bridgehead atoms. The van der Waals surface area contributed by atoms with Crippen molar-refractivity contribution >= 4 is 27.3 Å². The van der Waals surface area contributed by atoms with Gasteiger partial charge in [-0.25, -0.2) is 8.42 Å². The molecule has 1 aliphatic rings. The maximum absolute atomic E-state index is 12.7. The van der Waals surface area contributed by atoms with Crippen LogP contribution in [0.5, 0.6) is 0 Å². The molecule has 1 heterocycles. The van der Waals surface area contributed by atoms with Gasteiger partial charge >= 0.3 is 0 Å². The minimum atomic E-state index is -3.58. The Labute approximate surface area is 140 Å². The molecule has 0 amide bonds. The molecular weight excluding hydrogens is 330 g/mol. The number of rotatable bonds is 5. The van der Waals surface area contributed by atoms with E-state index in [0.717, 1.165) is 0 Å². The van der Waals surface area contributed by atoms with Gasteiger partial charge in [0.2, 0.25) is 15.7 Å². The first-order valence-corrected chi connectivity index (χ1v) is 8.65.